The number of rotatable bonds is 6. The second kappa shape index (κ2) is 8.30. The van der Waals surface area contributed by atoms with Gasteiger partial charge in [-0.15, -0.1) is 0 Å². The fourth-order valence-electron chi connectivity index (χ4n) is 3.68. The summed E-state index contributed by atoms with van der Waals surface area (Å²) in [5.74, 6) is 0. The number of carbonyl (C=O) groups is 1. The maximum Gasteiger partial charge on any atom is 0.457 e. The van der Waals surface area contributed by atoms with Crippen LogP contribution in [0.3, 0.4) is 0 Å². The summed E-state index contributed by atoms with van der Waals surface area (Å²) in [4.78, 5) is 14.2. The van der Waals surface area contributed by atoms with Gasteiger partial charge in [-0.3, -0.25) is 4.90 Å². The third-order valence-corrected chi connectivity index (χ3v) is 6.20. The molecule has 0 aromatic heterocycles. The molecule has 2 aliphatic heterocycles. The van der Waals surface area contributed by atoms with Crippen molar-refractivity contribution in [2.45, 2.75) is 78.0 Å². The predicted octanol–water partition coefficient (Wildman–Crippen LogP) is 5.18. The minimum atomic E-state index is -0.278. The minimum Gasteiger partial charge on any atom is -0.444 e. The summed E-state index contributed by atoms with van der Waals surface area (Å²) in [5, 5.41) is 0. The molecule has 0 saturated carbocycles. The lowest BCUT2D eigenvalue weighted by molar-refractivity contribution is 0.00578. The lowest BCUT2D eigenvalue weighted by Gasteiger charge is -2.32. The summed E-state index contributed by atoms with van der Waals surface area (Å²) in [6.45, 7) is 11.3. The molecule has 3 rings (SSSR count). The Hall–Kier alpha value is -1.79. The first-order valence-electron chi connectivity index (χ1n) is 10.2. The van der Waals surface area contributed by atoms with Gasteiger partial charge >= 0.3 is 13.2 Å². The summed E-state index contributed by atoms with van der Waals surface area (Å²) < 4.78 is 17.6. The number of nitrogens with zero attached hydrogens (tertiary/aromatic N) is 1. The molecule has 5 nitrogen and oxygen atoms in total. The van der Waals surface area contributed by atoms with Crippen LogP contribution >= 0.6 is 0 Å². The summed E-state index contributed by atoms with van der Waals surface area (Å²) in [5.41, 5.74) is 2.80. The molecule has 1 amide bonds. The highest BCUT2D eigenvalue weighted by Gasteiger charge is 2.50. The highest BCUT2D eigenvalue weighted by atomic mass is 16.7. The number of benzene rings is 1. The van der Waals surface area contributed by atoms with Crippen LogP contribution in [0, 0.1) is 0 Å². The predicted molar refractivity (Wildman–Crippen MR) is 111 cm³/mol. The molecular weight excluding hydrogens is 353 g/mol. The molecule has 2 aliphatic rings. The van der Waals surface area contributed by atoms with Crippen LogP contribution in [-0.2, 0) is 20.7 Å². The van der Waals surface area contributed by atoms with Gasteiger partial charge in [0.2, 0.25) is 0 Å². The Morgan fingerprint density at radius 1 is 1.14 bits per heavy atom. The minimum absolute atomic E-state index is 0.153. The van der Waals surface area contributed by atoms with Crippen molar-refractivity contribution in [2.75, 3.05) is 6.54 Å². The molecule has 0 N–H and O–H groups in total. The molecule has 28 heavy (non-hydrogen) atoms. The second-order valence-electron chi connectivity index (χ2n) is 8.71. The van der Waals surface area contributed by atoms with E-state index in [9.17, 15) is 4.79 Å². The fourth-order valence-corrected chi connectivity index (χ4v) is 3.68. The quantitative estimate of drug-likeness (QED) is 0.634. The molecule has 1 aromatic carbocycles. The number of ether oxygens (including phenoxy) is 1. The zero-order valence-electron chi connectivity index (χ0n) is 17.8. The molecule has 1 aromatic rings. The average molecular weight is 385 g/mol. The van der Waals surface area contributed by atoms with Gasteiger partial charge in [0, 0.05) is 12.2 Å². The van der Waals surface area contributed by atoms with Gasteiger partial charge in [-0.25, -0.2) is 4.79 Å². The van der Waals surface area contributed by atoms with Crippen molar-refractivity contribution in [1.82, 2.24) is 4.90 Å². The van der Waals surface area contributed by atoms with Gasteiger partial charge in [0.15, 0.2) is 0 Å². The van der Waals surface area contributed by atoms with Gasteiger partial charge in [-0.05, 0) is 64.9 Å². The molecule has 0 aliphatic carbocycles. The van der Waals surface area contributed by atoms with Crippen LogP contribution in [0.2, 0.25) is 6.32 Å². The van der Waals surface area contributed by atoms with Crippen molar-refractivity contribution in [3.8, 4) is 0 Å². The Morgan fingerprint density at radius 2 is 1.79 bits per heavy atom. The van der Waals surface area contributed by atoms with Crippen LogP contribution < -0.4 is 0 Å². The van der Waals surface area contributed by atoms with Gasteiger partial charge in [0.25, 0.3) is 0 Å². The SMILES string of the molecule is CC1=C(CCCB2OC(C)(C)C(C)(C)O2)CCN1C(=O)OCc1ccccc1. The van der Waals surface area contributed by atoms with E-state index in [1.807, 2.05) is 37.3 Å². The first-order chi connectivity index (χ1) is 13.2. The smallest absolute Gasteiger partial charge is 0.444 e. The second-order valence-corrected chi connectivity index (χ2v) is 8.71. The third kappa shape index (κ3) is 4.61. The van der Waals surface area contributed by atoms with Crippen molar-refractivity contribution in [3.63, 3.8) is 0 Å². The van der Waals surface area contributed by atoms with Gasteiger partial charge in [-0.1, -0.05) is 36.8 Å². The van der Waals surface area contributed by atoms with E-state index in [4.69, 9.17) is 14.0 Å². The van der Waals surface area contributed by atoms with Gasteiger partial charge < -0.3 is 14.0 Å². The fraction of sp³-hybridized carbons (Fsp3) is 0.591. The Labute approximate surface area is 169 Å². The highest BCUT2D eigenvalue weighted by Crippen LogP contribution is 2.38. The number of carbonyl (C=O) groups excluding carboxylic acids is 1. The standard InChI is InChI=1S/C22H32BNO4/c1-17-19(12-9-14-23-27-21(2,3)22(4,5)28-23)13-15-24(17)20(25)26-16-18-10-7-6-8-11-18/h6-8,10-11H,9,12-16H2,1-5H3. The van der Waals surface area contributed by atoms with E-state index in [0.29, 0.717) is 13.2 Å². The van der Waals surface area contributed by atoms with E-state index in [1.54, 1.807) is 4.90 Å². The van der Waals surface area contributed by atoms with Crippen LogP contribution in [0.4, 0.5) is 4.79 Å². The van der Waals surface area contributed by atoms with Crippen LogP contribution in [0.15, 0.2) is 41.6 Å². The Kier molecular flexibility index (Phi) is 6.20. The van der Waals surface area contributed by atoms with Crippen LogP contribution in [0.1, 0.15) is 59.4 Å². The largest absolute Gasteiger partial charge is 0.457 e. The van der Waals surface area contributed by atoms with Crippen LogP contribution in [0.25, 0.3) is 0 Å². The Balaban J connectivity index is 1.46. The van der Waals surface area contributed by atoms with E-state index < -0.39 is 0 Å². The zero-order chi connectivity index (χ0) is 20.4. The number of hydrogen-bond donors (Lipinski definition) is 0. The molecule has 6 heteroatoms. The van der Waals surface area contributed by atoms with Gasteiger partial charge in [-0.2, -0.15) is 0 Å². The summed E-state index contributed by atoms with van der Waals surface area (Å²) in [6, 6.07) is 9.77. The number of hydrogen-bond acceptors (Lipinski definition) is 4. The van der Waals surface area contributed by atoms with E-state index in [-0.39, 0.29) is 24.4 Å². The van der Waals surface area contributed by atoms with Crippen molar-refractivity contribution in [3.05, 3.63) is 47.2 Å². The van der Waals surface area contributed by atoms with Crippen LogP contribution in [0.5, 0.6) is 0 Å². The van der Waals surface area contributed by atoms with E-state index >= 15 is 0 Å². The molecule has 1 fully saturated rings. The summed E-state index contributed by atoms with van der Waals surface area (Å²) in [7, 11) is -0.153. The highest BCUT2D eigenvalue weighted by molar-refractivity contribution is 6.45. The number of allylic oxidation sites excluding steroid dienone is 1. The number of amides is 1. The molecule has 0 atom stereocenters. The van der Waals surface area contributed by atoms with Crippen molar-refractivity contribution in [2.24, 2.45) is 0 Å². The molecule has 0 radical (unpaired) electrons. The molecule has 0 unspecified atom stereocenters. The average Bonchev–Trinajstić information content (AvgIpc) is 3.10. The third-order valence-electron chi connectivity index (χ3n) is 6.20. The van der Waals surface area contributed by atoms with Crippen molar-refractivity contribution >= 4 is 13.2 Å². The molecule has 0 bridgehead atoms. The monoisotopic (exact) mass is 385 g/mol. The molecular formula is C22H32BNO4. The zero-order valence-corrected chi connectivity index (χ0v) is 17.8. The Bertz CT molecular complexity index is 713. The van der Waals surface area contributed by atoms with Gasteiger partial charge in [0.05, 0.1) is 11.2 Å². The Morgan fingerprint density at radius 3 is 2.43 bits per heavy atom. The lowest BCUT2D eigenvalue weighted by atomic mass is 9.81. The van der Waals surface area contributed by atoms with Gasteiger partial charge in [0.1, 0.15) is 6.61 Å². The lowest BCUT2D eigenvalue weighted by Crippen LogP contribution is -2.41. The summed E-state index contributed by atoms with van der Waals surface area (Å²) in [6.07, 6.45) is 3.45. The molecule has 152 valence electrons. The van der Waals surface area contributed by atoms with E-state index in [1.165, 1.54) is 5.57 Å². The topological polar surface area (TPSA) is 48.0 Å². The van der Waals surface area contributed by atoms with Crippen LogP contribution in [-0.4, -0.2) is 35.9 Å². The maximum absolute atomic E-state index is 12.4. The molecule has 1 saturated heterocycles. The normalized spacial score (nSPS) is 20.8. The van der Waals surface area contributed by atoms with E-state index in [2.05, 4.69) is 27.7 Å². The first-order valence-corrected chi connectivity index (χ1v) is 10.2. The van der Waals surface area contributed by atoms with Crippen molar-refractivity contribution < 1.29 is 18.8 Å². The van der Waals surface area contributed by atoms with Crippen molar-refractivity contribution in [1.29, 1.82) is 0 Å². The molecule has 0 spiro atoms. The summed E-state index contributed by atoms with van der Waals surface area (Å²) >= 11 is 0. The van der Waals surface area contributed by atoms with E-state index in [0.717, 1.165) is 36.8 Å². The first kappa shape index (κ1) is 20.9. The maximum atomic E-state index is 12.4. The molecule has 2 heterocycles.